The third-order valence-electron chi connectivity index (χ3n) is 5.16. The summed E-state index contributed by atoms with van der Waals surface area (Å²) in [5.41, 5.74) is 3.16. The summed E-state index contributed by atoms with van der Waals surface area (Å²) < 4.78 is 0. The molecule has 0 amide bonds. The van der Waals surface area contributed by atoms with Crippen LogP contribution in [0.15, 0.2) is 60.7 Å². The molecule has 0 nitrogen and oxygen atoms in total. The van der Waals surface area contributed by atoms with Crippen LogP contribution in [0.3, 0.4) is 0 Å². The molecule has 0 saturated heterocycles. The van der Waals surface area contributed by atoms with Gasteiger partial charge in [-0.2, -0.15) is 0 Å². The number of hydrogen-bond donors (Lipinski definition) is 0. The zero-order chi connectivity index (χ0) is 15.9. The van der Waals surface area contributed by atoms with E-state index in [-0.39, 0.29) is 0 Å². The maximum atomic E-state index is 2.48. The van der Waals surface area contributed by atoms with Crippen LogP contribution in [0.25, 0.3) is 9.75 Å². The van der Waals surface area contributed by atoms with Crippen molar-refractivity contribution in [2.75, 3.05) is 0 Å². The van der Waals surface area contributed by atoms with E-state index < -0.39 is 0 Å². The second-order valence-electron chi connectivity index (χ2n) is 6.80. The van der Waals surface area contributed by atoms with Gasteiger partial charge < -0.3 is 0 Å². The van der Waals surface area contributed by atoms with Crippen molar-refractivity contribution in [1.29, 1.82) is 0 Å². The maximum Gasteiger partial charge on any atom is 0.0480 e. The molecule has 2 heterocycles. The molecule has 0 saturated carbocycles. The van der Waals surface area contributed by atoms with Gasteiger partial charge >= 0.3 is 0 Å². The molecule has 3 aliphatic carbocycles. The molecule has 0 fully saturated rings. The lowest BCUT2D eigenvalue weighted by atomic mass is 9.97. The summed E-state index contributed by atoms with van der Waals surface area (Å²) in [6, 6.07) is 4.96. The SMILES string of the molecule is C1=CC(c2cc3c(s2)-c2sc(C4C=CC=C4)cc2CCCC3)C=C1. The summed E-state index contributed by atoms with van der Waals surface area (Å²) in [6.07, 6.45) is 23.1. The van der Waals surface area contributed by atoms with Crippen LogP contribution in [0.4, 0.5) is 0 Å². The number of fused-ring (bicyclic) bond motifs is 3. The Morgan fingerprint density at radius 2 is 1.04 bits per heavy atom. The number of thiophene rings is 2. The zero-order valence-corrected chi connectivity index (χ0v) is 15.2. The molecule has 0 spiro atoms. The van der Waals surface area contributed by atoms with E-state index in [1.807, 2.05) is 22.7 Å². The van der Waals surface area contributed by atoms with Gasteiger partial charge in [0.05, 0.1) is 0 Å². The van der Waals surface area contributed by atoms with Gasteiger partial charge in [0.1, 0.15) is 0 Å². The largest absolute Gasteiger partial charge is 0.138 e. The Kier molecular flexibility index (Phi) is 3.68. The predicted molar refractivity (Wildman–Crippen MR) is 106 cm³/mol. The van der Waals surface area contributed by atoms with Crippen LogP contribution in [-0.2, 0) is 12.8 Å². The van der Waals surface area contributed by atoms with E-state index in [9.17, 15) is 0 Å². The Balaban J connectivity index is 1.60. The van der Waals surface area contributed by atoms with Crippen molar-refractivity contribution in [3.05, 3.63) is 81.6 Å². The highest BCUT2D eigenvalue weighted by atomic mass is 32.1. The third-order valence-corrected chi connectivity index (χ3v) is 7.88. The van der Waals surface area contributed by atoms with E-state index in [1.54, 1.807) is 20.9 Å². The Hall–Kier alpha value is -1.64. The van der Waals surface area contributed by atoms with Gasteiger partial charge in [0.25, 0.3) is 0 Å². The topological polar surface area (TPSA) is 0 Å². The molecule has 0 bridgehead atoms. The highest BCUT2D eigenvalue weighted by Gasteiger charge is 2.23. The van der Waals surface area contributed by atoms with Gasteiger partial charge in [0, 0.05) is 31.3 Å². The number of rotatable bonds is 2. The van der Waals surface area contributed by atoms with Crippen molar-refractivity contribution >= 4 is 22.7 Å². The Labute approximate surface area is 151 Å². The summed E-state index contributed by atoms with van der Waals surface area (Å²) in [5, 5.41) is 0. The molecular formula is C22H20S2. The van der Waals surface area contributed by atoms with Crippen molar-refractivity contribution < 1.29 is 0 Å². The maximum absolute atomic E-state index is 2.48. The smallest absolute Gasteiger partial charge is 0.0480 e. The Morgan fingerprint density at radius 3 is 1.46 bits per heavy atom. The molecule has 2 aromatic heterocycles. The Bertz CT molecular complexity index is 787. The third kappa shape index (κ3) is 2.49. The summed E-state index contributed by atoms with van der Waals surface area (Å²) >= 11 is 4.05. The molecule has 3 aliphatic rings. The van der Waals surface area contributed by atoms with Gasteiger partial charge in [-0.05, 0) is 48.9 Å². The summed E-state index contributed by atoms with van der Waals surface area (Å²) in [7, 11) is 0. The van der Waals surface area contributed by atoms with E-state index in [4.69, 9.17) is 0 Å². The van der Waals surface area contributed by atoms with Gasteiger partial charge in [-0.25, -0.2) is 0 Å². The molecule has 0 aliphatic heterocycles. The van der Waals surface area contributed by atoms with E-state index in [0.717, 1.165) is 0 Å². The van der Waals surface area contributed by atoms with E-state index >= 15 is 0 Å². The zero-order valence-electron chi connectivity index (χ0n) is 13.6. The van der Waals surface area contributed by atoms with Crippen LogP contribution in [0.5, 0.6) is 0 Å². The molecule has 5 rings (SSSR count). The molecule has 24 heavy (non-hydrogen) atoms. The van der Waals surface area contributed by atoms with Crippen molar-refractivity contribution in [1.82, 2.24) is 0 Å². The fourth-order valence-corrected chi connectivity index (χ4v) is 6.60. The second-order valence-corrected chi connectivity index (χ2v) is 8.97. The number of hydrogen-bond acceptors (Lipinski definition) is 2. The molecular weight excluding hydrogens is 328 g/mol. The van der Waals surface area contributed by atoms with E-state index in [1.165, 1.54) is 35.4 Å². The van der Waals surface area contributed by atoms with Gasteiger partial charge in [0.2, 0.25) is 0 Å². The first-order chi connectivity index (χ1) is 11.9. The lowest BCUT2D eigenvalue weighted by Crippen LogP contribution is -1.94. The molecule has 120 valence electrons. The van der Waals surface area contributed by atoms with E-state index in [2.05, 4.69) is 60.7 Å². The lowest BCUT2D eigenvalue weighted by Gasteiger charge is -2.09. The first-order valence-corrected chi connectivity index (χ1v) is 10.5. The molecule has 0 aromatic carbocycles. The van der Waals surface area contributed by atoms with Crippen molar-refractivity contribution in [2.45, 2.75) is 37.5 Å². The molecule has 2 heteroatoms. The summed E-state index contributed by atoms with van der Waals surface area (Å²) in [5.74, 6) is 0.985. The molecule has 2 aromatic rings. The first kappa shape index (κ1) is 14.7. The average molecular weight is 349 g/mol. The lowest BCUT2D eigenvalue weighted by molar-refractivity contribution is 0.732. The normalized spacial score (nSPS) is 19.7. The number of aryl methyl sites for hydroxylation is 2. The van der Waals surface area contributed by atoms with Crippen molar-refractivity contribution in [3.8, 4) is 9.75 Å². The highest BCUT2D eigenvalue weighted by Crippen LogP contribution is 2.46. The average Bonchev–Trinajstić information content (AvgIpc) is 3.36. The second kappa shape index (κ2) is 6.02. The minimum atomic E-state index is 0.492. The van der Waals surface area contributed by atoms with Crippen LogP contribution < -0.4 is 0 Å². The van der Waals surface area contributed by atoms with Crippen molar-refractivity contribution in [3.63, 3.8) is 0 Å². The fraction of sp³-hybridized carbons (Fsp3) is 0.273. The first-order valence-electron chi connectivity index (χ1n) is 8.84. The summed E-state index contributed by atoms with van der Waals surface area (Å²) in [4.78, 5) is 6.12. The Morgan fingerprint density at radius 1 is 0.625 bits per heavy atom. The van der Waals surface area contributed by atoms with Crippen LogP contribution in [0.2, 0.25) is 0 Å². The van der Waals surface area contributed by atoms with Crippen LogP contribution in [-0.4, -0.2) is 0 Å². The molecule has 0 N–H and O–H groups in total. The minimum Gasteiger partial charge on any atom is -0.138 e. The van der Waals surface area contributed by atoms with Gasteiger partial charge in [-0.3, -0.25) is 0 Å². The minimum absolute atomic E-state index is 0.492. The van der Waals surface area contributed by atoms with E-state index in [0.29, 0.717) is 11.8 Å². The van der Waals surface area contributed by atoms with Gasteiger partial charge in [-0.15, -0.1) is 22.7 Å². The highest BCUT2D eigenvalue weighted by molar-refractivity contribution is 7.22. The monoisotopic (exact) mass is 348 g/mol. The van der Waals surface area contributed by atoms with Crippen LogP contribution in [0.1, 0.15) is 45.6 Å². The number of allylic oxidation sites excluding steroid dienone is 8. The molecule has 0 atom stereocenters. The fourth-order valence-electron chi connectivity index (χ4n) is 3.86. The predicted octanol–water partition coefficient (Wildman–Crippen LogP) is 6.77. The van der Waals surface area contributed by atoms with Crippen LogP contribution in [0, 0.1) is 0 Å². The van der Waals surface area contributed by atoms with Gasteiger partial charge in [-0.1, -0.05) is 48.6 Å². The summed E-state index contributed by atoms with van der Waals surface area (Å²) in [6.45, 7) is 0. The quantitative estimate of drug-likeness (QED) is 0.561. The molecule has 0 unspecified atom stereocenters. The van der Waals surface area contributed by atoms with Gasteiger partial charge in [0.15, 0.2) is 0 Å². The molecule has 0 radical (unpaired) electrons. The van der Waals surface area contributed by atoms with Crippen LogP contribution >= 0.6 is 22.7 Å². The van der Waals surface area contributed by atoms with Crippen molar-refractivity contribution in [2.24, 2.45) is 0 Å². The standard InChI is InChI=1S/C22H20S2/c1-2-8-15(7-1)19-13-17-11-5-6-12-18-14-20(16-9-3-4-10-16)24-22(18)21(17)23-19/h1-4,7-10,13-16H,5-6,11-12H2.